The summed E-state index contributed by atoms with van der Waals surface area (Å²) in [6.07, 6.45) is 0. The maximum absolute atomic E-state index is 5.57. The largest absolute Gasteiger partial charge is 0.497 e. The van der Waals surface area contributed by atoms with Crippen molar-refractivity contribution in [1.29, 1.82) is 0 Å². The van der Waals surface area contributed by atoms with Crippen molar-refractivity contribution in [1.82, 2.24) is 5.32 Å². The van der Waals surface area contributed by atoms with Crippen LogP contribution < -0.4 is 15.8 Å². The summed E-state index contributed by atoms with van der Waals surface area (Å²) in [5.41, 5.74) is 6.78. The maximum Gasteiger partial charge on any atom is 0.119 e. The zero-order valence-corrected chi connectivity index (χ0v) is 9.66. The van der Waals surface area contributed by atoms with Crippen LogP contribution in [0.3, 0.4) is 0 Å². The van der Waals surface area contributed by atoms with Gasteiger partial charge in [-0.25, -0.2) is 0 Å². The predicted octanol–water partition coefficient (Wildman–Crippen LogP) is 1.69. The van der Waals surface area contributed by atoms with Crippen LogP contribution in [0, 0.1) is 0 Å². The number of methoxy groups -OCH3 is 1. The first kappa shape index (κ1) is 12.0. The molecule has 3 heteroatoms. The molecule has 0 amide bonds. The molecular weight excluding hydrogens is 188 g/mol. The van der Waals surface area contributed by atoms with E-state index < -0.39 is 0 Å². The number of nitrogens with two attached hydrogens (primary N) is 1. The minimum absolute atomic E-state index is 0.290. The molecule has 1 aromatic rings. The molecule has 1 aromatic carbocycles. The molecule has 0 radical (unpaired) electrons. The number of benzene rings is 1. The summed E-state index contributed by atoms with van der Waals surface area (Å²) in [6, 6.07) is 8.69. The Balaban J connectivity index is 2.68. The van der Waals surface area contributed by atoms with Gasteiger partial charge in [0.1, 0.15) is 5.75 Å². The third kappa shape index (κ3) is 3.53. The quantitative estimate of drug-likeness (QED) is 0.774. The number of ether oxygens (including phenoxy) is 1. The first-order valence-electron chi connectivity index (χ1n) is 5.27. The maximum atomic E-state index is 5.57. The van der Waals surface area contributed by atoms with Gasteiger partial charge in [-0.2, -0.15) is 0 Å². The van der Waals surface area contributed by atoms with Crippen LogP contribution in [0.2, 0.25) is 0 Å². The molecule has 3 nitrogen and oxygen atoms in total. The van der Waals surface area contributed by atoms with Crippen molar-refractivity contribution in [2.75, 3.05) is 13.7 Å². The molecule has 0 aromatic heterocycles. The molecule has 0 saturated carbocycles. The highest BCUT2D eigenvalue weighted by Gasteiger charge is 2.08. The van der Waals surface area contributed by atoms with Crippen molar-refractivity contribution in [3.63, 3.8) is 0 Å². The van der Waals surface area contributed by atoms with Crippen molar-refractivity contribution in [3.05, 3.63) is 29.8 Å². The number of nitrogens with one attached hydrogen (secondary N) is 1. The van der Waals surface area contributed by atoms with E-state index in [2.05, 4.69) is 25.2 Å². The molecule has 0 aliphatic heterocycles. The molecule has 0 saturated heterocycles. The van der Waals surface area contributed by atoms with E-state index in [1.54, 1.807) is 7.11 Å². The van der Waals surface area contributed by atoms with Crippen molar-refractivity contribution >= 4 is 0 Å². The predicted molar refractivity (Wildman–Crippen MR) is 63.1 cm³/mol. The van der Waals surface area contributed by atoms with Gasteiger partial charge in [-0.3, -0.25) is 0 Å². The second kappa shape index (κ2) is 5.73. The Morgan fingerprint density at radius 2 is 2.13 bits per heavy atom. The van der Waals surface area contributed by atoms with E-state index >= 15 is 0 Å². The minimum Gasteiger partial charge on any atom is -0.497 e. The molecule has 0 fully saturated rings. The van der Waals surface area contributed by atoms with Gasteiger partial charge in [0.15, 0.2) is 0 Å². The van der Waals surface area contributed by atoms with Crippen molar-refractivity contribution in [2.45, 2.75) is 25.9 Å². The van der Waals surface area contributed by atoms with Gasteiger partial charge in [0.05, 0.1) is 7.11 Å². The van der Waals surface area contributed by atoms with E-state index in [-0.39, 0.29) is 0 Å². The van der Waals surface area contributed by atoms with Gasteiger partial charge in [0, 0.05) is 18.6 Å². The third-order valence-electron chi connectivity index (χ3n) is 2.48. The number of hydrogen-bond donors (Lipinski definition) is 2. The fourth-order valence-corrected chi connectivity index (χ4v) is 1.50. The highest BCUT2D eigenvalue weighted by atomic mass is 16.5. The number of hydrogen-bond acceptors (Lipinski definition) is 3. The number of rotatable bonds is 5. The summed E-state index contributed by atoms with van der Waals surface area (Å²) in [4.78, 5) is 0. The second-order valence-electron chi connectivity index (χ2n) is 3.80. The van der Waals surface area contributed by atoms with E-state index in [9.17, 15) is 0 Å². The van der Waals surface area contributed by atoms with Gasteiger partial charge in [-0.1, -0.05) is 12.1 Å². The van der Waals surface area contributed by atoms with Crippen LogP contribution in [-0.2, 0) is 0 Å². The first-order chi connectivity index (χ1) is 7.17. The van der Waals surface area contributed by atoms with E-state index in [0.717, 1.165) is 5.75 Å². The fraction of sp³-hybridized carbons (Fsp3) is 0.500. The van der Waals surface area contributed by atoms with Gasteiger partial charge in [-0.15, -0.1) is 0 Å². The molecule has 0 heterocycles. The van der Waals surface area contributed by atoms with Gasteiger partial charge in [-0.05, 0) is 31.5 Å². The summed E-state index contributed by atoms with van der Waals surface area (Å²) in [5, 5.41) is 3.42. The lowest BCUT2D eigenvalue weighted by atomic mass is 10.1. The molecule has 0 aliphatic carbocycles. The molecule has 84 valence electrons. The fourth-order valence-electron chi connectivity index (χ4n) is 1.50. The normalized spacial score (nSPS) is 14.7. The average Bonchev–Trinajstić information content (AvgIpc) is 2.28. The van der Waals surface area contributed by atoms with Gasteiger partial charge in [0.25, 0.3) is 0 Å². The van der Waals surface area contributed by atoms with Crippen LogP contribution in [0.4, 0.5) is 0 Å². The molecule has 0 aliphatic rings. The summed E-state index contributed by atoms with van der Waals surface area (Å²) < 4.78 is 5.18. The molecule has 1 rings (SSSR count). The standard InChI is InChI=1S/C12H20N2O/c1-9(8-13)14-10(2)11-5-4-6-12(7-11)15-3/h4-7,9-10,14H,8,13H2,1-3H3. The van der Waals surface area contributed by atoms with Crippen LogP contribution in [-0.4, -0.2) is 19.7 Å². The Morgan fingerprint density at radius 3 is 2.73 bits per heavy atom. The zero-order valence-electron chi connectivity index (χ0n) is 9.66. The summed E-state index contributed by atoms with van der Waals surface area (Å²) in [6.45, 7) is 4.85. The molecular formula is C12H20N2O. The van der Waals surface area contributed by atoms with Crippen LogP contribution in [0.1, 0.15) is 25.5 Å². The van der Waals surface area contributed by atoms with E-state index in [0.29, 0.717) is 18.6 Å². The van der Waals surface area contributed by atoms with E-state index in [4.69, 9.17) is 10.5 Å². The Morgan fingerprint density at radius 1 is 1.40 bits per heavy atom. The monoisotopic (exact) mass is 208 g/mol. The van der Waals surface area contributed by atoms with Crippen molar-refractivity contribution in [3.8, 4) is 5.75 Å². The molecule has 2 unspecified atom stereocenters. The Bertz CT molecular complexity index is 301. The summed E-state index contributed by atoms with van der Waals surface area (Å²) >= 11 is 0. The lowest BCUT2D eigenvalue weighted by molar-refractivity contribution is 0.412. The average molecular weight is 208 g/mol. The van der Waals surface area contributed by atoms with Crippen molar-refractivity contribution in [2.24, 2.45) is 5.73 Å². The second-order valence-corrected chi connectivity index (χ2v) is 3.80. The smallest absolute Gasteiger partial charge is 0.119 e. The van der Waals surface area contributed by atoms with Gasteiger partial charge < -0.3 is 15.8 Å². The lowest BCUT2D eigenvalue weighted by Crippen LogP contribution is -2.34. The Kier molecular flexibility index (Phi) is 4.59. The van der Waals surface area contributed by atoms with Crippen LogP contribution in [0.5, 0.6) is 5.75 Å². The molecule has 15 heavy (non-hydrogen) atoms. The Labute approximate surface area is 91.6 Å². The van der Waals surface area contributed by atoms with E-state index in [1.165, 1.54) is 5.56 Å². The molecule has 0 spiro atoms. The van der Waals surface area contributed by atoms with Crippen LogP contribution >= 0.6 is 0 Å². The lowest BCUT2D eigenvalue weighted by Gasteiger charge is -2.19. The van der Waals surface area contributed by atoms with Crippen LogP contribution in [0.25, 0.3) is 0 Å². The third-order valence-corrected chi connectivity index (χ3v) is 2.48. The minimum atomic E-state index is 0.290. The van der Waals surface area contributed by atoms with Gasteiger partial charge in [0.2, 0.25) is 0 Å². The zero-order chi connectivity index (χ0) is 11.3. The SMILES string of the molecule is COc1cccc(C(C)NC(C)CN)c1. The topological polar surface area (TPSA) is 47.3 Å². The molecule has 0 bridgehead atoms. The first-order valence-corrected chi connectivity index (χ1v) is 5.27. The highest BCUT2D eigenvalue weighted by molar-refractivity contribution is 5.30. The summed E-state index contributed by atoms with van der Waals surface area (Å²) in [5.74, 6) is 0.890. The Hall–Kier alpha value is -1.06. The van der Waals surface area contributed by atoms with Crippen LogP contribution in [0.15, 0.2) is 24.3 Å². The highest BCUT2D eigenvalue weighted by Crippen LogP contribution is 2.18. The summed E-state index contributed by atoms with van der Waals surface area (Å²) in [7, 11) is 1.68. The molecule has 3 N–H and O–H groups in total. The van der Waals surface area contributed by atoms with Crippen molar-refractivity contribution < 1.29 is 4.74 Å². The van der Waals surface area contributed by atoms with E-state index in [1.807, 2.05) is 18.2 Å². The van der Waals surface area contributed by atoms with Gasteiger partial charge >= 0.3 is 0 Å². The molecule has 2 atom stereocenters.